The molecule has 1 rings (SSSR count). The standard InChI is InChI=1S/C12H15BrN2O2/c1-2-3-4-7-14-9-10-5-6-11(13)8-12(10)15(16)17/h2-3,5-6,8,14H,4,7,9H2,1H3/b3-2+. The largest absolute Gasteiger partial charge is 0.312 e. The number of hydrogen-bond acceptors (Lipinski definition) is 3. The molecular formula is C12H15BrN2O2. The third-order valence-corrected chi connectivity index (χ3v) is 2.78. The molecule has 92 valence electrons. The lowest BCUT2D eigenvalue weighted by Gasteiger charge is -2.04. The molecule has 17 heavy (non-hydrogen) atoms. The molecule has 0 saturated carbocycles. The predicted molar refractivity (Wildman–Crippen MR) is 71.9 cm³/mol. The zero-order valence-corrected chi connectivity index (χ0v) is 11.2. The average molecular weight is 299 g/mol. The molecule has 0 saturated heterocycles. The first-order valence-electron chi connectivity index (χ1n) is 5.40. The number of nitro groups is 1. The molecule has 0 aliphatic carbocycles. The van der Waals surface area contributed by atoms with Gasteiger partial charge >= 0.3 is 0 Å². The fraction of sp³-hybridized carbons (Fsp3) is 0.333. The summed E-state index contributed by atoms with van der Waals surface area (Å²) in [6.45, 7) is 3.30. The van der Waals surface area contributed by atoms with Crippen LogP contribution in [0.3, 0.4) is 0 Å². The lowest BCUT2D eigenvalue weighted by molar-refractivity contribution is -0.385. The van der Waals surface area contributed by atoms with Gasteiger partial charge in [0.2, 0.25) is 0 Å². The SMILES string of the molecule is C/C=C/CCNCc1ccc(Br)cc1[N+](=O)[O-]. The number of nitro benzene ring substituents is 1. The topological polar surface area (TPSA) is 55.2 Å². The van der Waals surface area contributed by atoms with Gasteiger partial charge in [0, 0.05) is 22.6 Å². The summed E-state index contributed by atoms with van der Waals surface area (Å²) in [6, 6.07) is 5.11. The van der Waals surface area contributed by atoms with Crippen molar-refractivity contribution in [2.75, 3.05) is 6.54 Å². The number of benzene rings is 1. The first-order chi connectivity index (χ1) is 8.15. The summed E-state index contributed by atoms with van der Waals surface area (Å²) in [7, 11) is 0. The van der Waals surface area contributed by atoms with E-state index in [4.69, 9.17) is 0 Å². The summed E-state index contributed by atoms with van der Waals surface area (Å²) < 4.78 is 0.724. The number of hydrogen-bond donors (Lipinski definition) is 1. The maximum atomic E-state index is 10.9. The highest BCUT2D eigenvalue weighted by Crippen LogP contribution is 2.23. The van der Waals surface area contributed by atoms with E-state index in [-0.39, 0.29) is 10.6 Å². The van der Waals surface area contributed by atoms with Crippen molar-refractivity contribution in [3.8, 4) is 0 Å². The Balaban J connectivity index is 2.61. The fourth-order valence-electron chi connectivity index (χ4n) is 1.43. The van der Waals surface area contributed by atoms with Crippen LogP contribution >= 0.6 is 15.9 Å². The van der Waals surface area contributed by atoms with Crippen molar-refractivity contribution in [2.24, 2.45) is 0 Å². The summed E-state index contributed by atoms with van der Waals surface area (Å²) in [5.41, 5.74) is 0.858. The van der Waals surface area contributed by atoms with Crippen molar-refractivity contribution in [2.45, 2.75) is 19.9 Å². The Morgan fingerprint density at radius 2 is 2.29 bits per heavy atom. The van der Waals surface area contributed by atoms with Crippen LogP contribution in [-0.2, 0) is 6.54 Å². The van der Waals surface area contributed by atoms with Crippen LogP contribution in [0.5, 0.6) is 0 Å². The molecule has 0 unspecified atom stereocenters. The van der Waals surface area contributed by atoms with Gasteiger partial charge < -0.3 is 5.32 Å². The Kier molecular flexibility index (Phi) is 5.86. The van der Waals surface area contributed by atoms with E-state index in [9.17, 15) is 10.1 Å². The monoisotopic (exact) mass is 298 g/mol. The van der Waals surface area contributed by atoms with Gasteiger partial charge in [-0.15, -0.1) is 0 Å². The molecule has 1 N–H and O–H groups in total. The van der Waals surface area contributed by atoms with Gasteiger partial charge in [-0.2, -0.15) is 0 Å². The molecule has 0 aliphatic heterocycles. The number of rotatable bonds is 6. The van der Waals surface area contributed by atoms with Crippen molar-refractivity contribution in [3.63, 3.8) is 0 Å². The Morgan fingerprint density at radius 3 is 2.94 bits per heavy atom. The van der Waals surface area contributed by atoms with Crippen molar-refractivity contribution in [1.82, 2.24) is 5.32 Å². The van der Waals surface area contributed by atoms with Crippen molar-refractivity contribution in [3.05, 3.63) is 50.5 Å². The molecule has 1 aromatic rings. The zero-order valence-electron chi connectivity index (χ0n) is 9.65. The molecule has 4 nitrogen and oxygen atoms in total. The molecule has 0 aromatic heterocycles. The second kappa shape index (κ2) is 7.19. The molecule has 0 amide bonds. The zero-order chi connectivity index (χ0) is 12.7. The molecule has 0 heterocycles. The summed E-state index contributed by atoms with van der Waals surface area (Å²) in [4.78, 5) is 10.5. The van der Waals surface area contributed by atoms with Gasteiger partial charge in [-0.1, -0.05) is 28.1 Å². The minimum absolute atomic E-state index is 0.151. The van der Waals surface area contributed by atoms with E-state index in [0.29, 0.717) is 12.1 Å². The smallest absolute Gasteiger partial charge is 0.275 e. The highest BCUT2D eigenvalue weighted by Gasteiger charge is 2.13. The third-order valence-electron chi connectivity index (χ3n) is 2.28. The highest BCUT2D eigenvalue weighted by molar-refractivity contribution is 9.10. The quantitative estimate of drug-likeness (QED) is 0.379. The molecule has 1 aromatic carbocycles. The minimum atomic E-state index is -0.353. The lowest BCUT2D eigenvalue weighted by Crippen LogP contribution is -2.15. The van der Waals surface area contributed by atoms with Gasteiger partial charge in [-0.25, -0.2) is 0 Å². The van der Waals surface area contributed by atoms with Crippen LogP contribution < -0.4 is 5.32 Å². The molecule has 0 aliphatic rings. The van der Waals surface area contributed by atoms with Crippen LogP contribution in [0.1, 0.15) is 18.9 Å². The molecule has 5 heteroatoms. The summed E-state index contributed by atoms with van der Waals surface area (Å²) in [5, 5.41) is 14.0. The van der Waals surface area contributed by atoms with E-state index in [1.165, 1.54) is 6.07 Å². The van der Waals surface area contributed by atoms with Gasteiger partial charge in [0.05, 0.1) is 4.92 Å². The van der Waals surface area contributed by atoms with Gasteiger partial charge in [-0.3, -0.25) is 10.1 Å². The number of halogens is 1. The molecule has 0 spiro atoms. The van der Waals surface area contributed by atoms with Crippen molar-refractivity contribution >= 4 is 21.6 Å². The first-order valence-corrected chi connectivity index (χ1v) is 6.19. The van der Waals surface area contributed by atoms with Crippen LogP contribution in [0.15, 0.2) is 34.8 Å². The van der Waals surface area contributed by atoms with Crippen molar-refractivity contribution < 1.29 is 4.92 Å². The van der Waals surface area contributed by atoms with Crippen LogP contribution in [0.4, 0.5) is 5.69 Å². The van der Waals surface area contributed by atoms with E-state index in [1.807, 2.05) is 19.1 Å². The van der Waals surface area contributed by atoms with Gasteiger partial charge in [0.15, 0.2) is 0 Å². The second-order valence-corrected chi connectivity index (χ2v) is 4.48. The van der Waals surface area contributed by atoms with E-state index >= 15 is 0 Å². The first kappa shape index (κ1) is 13.9. The van der Waals surface area contributed by atoms with Crippen LogP contribution in [-0.4, -0.2) is 11.5 Å². The van der Waals surface area contributed by atoms with Crippen LogP contribution in [0.25, 0.3) is 0 Å². The normalized spacial score (nSPS) is 10.9. The number of allylic oxidation sites excluding steroid dienone is 1. The average Bonchev–Trinajstić information content (AvgIpc) is 2.30. The predicted octanol–water partition coefficient (Wildman–Crippen LogP) is 3.41. The molecule has 0 fully saturated rings. The van der Waals surface area contributed by atoms with E-state index in [2.05, 4.69) is 27.3 Å². The second-order valence-electron chi connectivity index (χ2n) is 3.56. The minimum Gasteiger partial charge on any atom is -0.312 e. The Morgan fingerprint density at radius 1 is 1.53 bits per heavy atom. The van der Waals surface area contributed by atoms with E-state index in [1.54, 1.807) is 6.07 Å². The maximum absolute atomic E-state index is 10.9. The van der Waals surface area contributed by atoms with Crippen LogP contribution in [0, 0.1) is 10.1 Å². The summed E-state index contributed by atoms with van der Waals surface area (Å²) >= 11 is 3.23. The lowest BCUT2D eigenvalue weighted by atomic mass is 10.2. The molecule has 0 radical (unpaired) electrons. The number of nitrogens with zero attached hydrogens (tertiary/aromatic N) is 1. The van der Waals surface area contributed by atoms with Crippen molar-refractivity contribution in [1.29, 1.82) is 0 Å². The van der Waals surface area contributed by atoms with Gasteiger partial charge in [0.1, 0.15) is 0 Å². The maximum Gasteiger partial charge on any atom is 0.275 e. The number of nitrogens with one attached hydrogen (secondary N) is 1. The summed E-state index contributed by atoms with van der Waals surface area (Å²) in [5.74, 6) is 0. The third kappa shape index (κ3) is 4.66. The molecular weight excluding hydrogens is 284 g/mol. The summed E-state index contributed by atoms with van der Waals surface area (Å²) in [6.07, 6.45) is 4.98. The Bertz CT molecular complexity index is 419. The van der Waals surface area contributed by atoms with Gasteiger partial charge in [0.25, 0.3) is 5.69 Å². The fourth-order valence-corrected chi connectivity index (χ4v) is 1.78. The highest BCUT2D eigenvalue weighted by atomic mass is 79.9. The van der Waals surface area contributed by atoms with Crippen LogP contribution in [0.2, 0.25) is 0 Å². The molecule has 0 bridgehead atoms. The Hall–Kier alpha value is -1.20. The van der Waals surface area contributed by atoms with E-state index in [0.717, 1.165) is 17.4 Å². The van der Waals surface area contributed by atoms with Gasteiger partial charge in [-0.05, 0) is 32.0 Å². The Labute approximate surface area is 109 Å². The van der Waals surface area contributed by atoms with E-state index < -0.39 is 0 Å². The molecule has 0 atom stereocenters.